The molecule has 0 amide bonds. The van der Waals surface area contributed by atoms with Gasteiger partial charge in [0, 0.05) is 10.9 Å². The molecule has 0 unspecified atom stereocenters. The van der Waals surface area contributed by atoms with Crippen LogP contribution in [0.25, 0.3) is 22.2 Å². The lowest BCUT2D eigenvalue weighted by atomic mass is 10.0. The van der Waals surface area contributed by atoms with Crippen molar-refractivity contribution in [3.63, 3.8) is 0 Å². The van der Waals surface area contributed by atoms with Gasteiger partial charge < -0.3 is 5.11 Å². The summed E-state index contributed by atoms with van der Waals surface area (Å²) in [4.78, 5) is 16.3. The Kier molecular flexibility index (Phi) is 3.63. The van der Waals surface area contributed by atoms with E-state index in [0.29, 0.717) is 22.2 Å². The first-order valence-corrected chi connectivity index (χ1v) is 7.32. The van der Waals surface area contributed by atoms with E-state index >= 15 is 0 Å². The fourth-order valence-electron chi connectivity index (χ4n) is 2.54. The number of carboxylic acid groups (broad SMARTS) is 1. The van der Waals surface area contributed by atoms with Gasteiger partial charge in [0.25, 0.3) is 0 Å². The van der Waals surface area contributed by atoms with Crippen molar-refractivity contribution in [2.24, 2.45) is 0 Å². The van der Waals surface area contributed by atoms with Gasteiger partial charge in [-0.3, -0.25) is 0 Å². The summed E-state index contributed by atoms with van der Waals surface area (Å²) in [6.45, 7) is 4.07. The van der Waals surface area contributed by atoms with Gasteiger partial charge in [0.15, 0.2) is 0 Å². The van der Waals surface area contributed by atoms with Crippen LogP contribution in [0.1, 0.15) is 28.4 Å². The topological polar surface area (TPSA) is 50.2 Å². The smallest absolute Gasteiger partial charge is 0.336 e. The third-order valence-corrected chi connectivity index (χ3v) is 3.86. The maximum absolute atomic E-state index is 11.6. The maximum Gasteiger partial charge on any atom is 0.336 e. The van der Waals surface area contributed by atoms with Crippen LogP contribution in [0, 0.1) is 6.92 Å². The summed E-state index contributed by atoms with van der Waals surface area (Å²) in [7, 11) is 0. The molecule has 0 fully saturated rings. The van der Waals surface area contributed by atoms with Crippen molar-refractivity contribution in [1.82, 2.24) is 4.98 Å². The number of carboxylic acids is 1. The zero-order valence-corrected chi connectivity index (χ0v) is 12.6. The first-order chi connectivity index (χ1) is 10.6. The van der Waals surface area contributed by atoms with Crippen molar-refractivity contribution in [1.29, 1.82) is 0 Å². The van der Waals surface area contributed by atoms with Crippen LogP contribution in [0.2, 0.25) is 0 Å². The SMILES string of the molecule is CCc1ccc2nc(-c3ccc(C)cc3)cc(C(=O)O)c2c1. The lowest BCUT2D eigenvalue weighted by Crippen LogP contribution is -2.01. The fourth-order valence-corrected chi connectivity index (χ4v) is 2.54. The number of fused-ring (bicyclic) bond motifs is 1. The zero-order chi connectivity index (χ0) is 15.7. The van der Waals surface area contributed by atoms with E-state index in [1.54, 1.807) is 6.07 Å². The van der Waals surface area contributed by atoms with Crippen LogP contribution in [0.15, 0.2) is 48.5 Å². The van der Waals surface area contributed by atoms with Gasteiger partial charge in [-0.05, 0) is 37.1 Å². The second kappa shape index (κ2) is 5.60. The molecule has 3 nitrogen and oxygen atoms in total. The number of hydrogen-bond acceptors (Lipinski definition) is 2. The molecule has 0 atom stereocenters. The normalized spacial score (nSPS) is 10.8. The van der Waals surface area contributed by atoms with Crippen LogP contribution in [0.4, 0.5) is 0 Å². The molecule has 1 N–H and O–H groups in total. The van der Waals surface area contributed by atoms with Gasteiger partial charge >= 0.3 is 5.97 Å². The van der Waals surface area contributed by atoms with E-state index in [-0.39, 0.29) is 0 Å². The van der Waals surface area contributed by atoms with Gasteiger partial charge in [0.1, 0.15) is 0 Å². The second-order valence-electron chi connectivity index (χ2n) is 5.43. The van der Waals surface area contributed by atoms with E-state index in [2.05, 4.69) is 11.9 Å². The number of aromatic carboxylic acids is 1. The van der Waals surface area contributed by atoms with E-state index in [1.807, 2.05) is 49.4 Å². The molecule has 0 bridgehead atoms. The number of rotatable bonds is 3. The Bertz CT molecular complexity index is 851. The molecule has 0 aliphatic heterocycles. The van der Waals surface area contributed by atoms with Crippen LogP contribution in [-0.4, -0.2) is 16.1 Å². The van der Waals surface area contributed by atoms with Crippen molar-refractivity contribution in [3.05, 3.63) is 65.2 Å². The minimum atomic E-state index is -0.922. The quantitative estimate of drug-likeness (QED) is 0.774. The standard InChI is InChI=1S/C19H17NO2/c1-3-13-6-9-17-15(10-13)16(19(21)22)11-18(20-17)14-7-4-12(2)5-8-14/h4-11H,3H2,1-2H3,(H,21,22). The average Bonchev–Trinajstić information content (AvgIpc) is 2.53. The Morgan fingerprint density at radius 2 is 1.82 bits per heavy atom. The molecule has 1 aromatic heterocycles. The Balaban J connectivity index is 2.25. The largest absolute Gasteiger partial charge is 0.478 e. The molecule has 0 spiro atoms. The molecule has 3 rings (SSSR count). The summed E-state index contributed by atoms with van der Waals surface area (Å²) in [6, 6.07) is 15.4. The van der Waals surface area contributed by atoms with Gasteiger partial charge in [-0.15, -0.1) is 0 Å². The highest BCUT2D eigenvalue weighted by molar-refractivity contribution is 6.04. The second-order valence-corrected chi connectivity index (χ2v) is 5.43. The number of pyridine rings is 1. The Labute approximate surface area is 129 Å². The van der Waals surface area contributed by atoms with Crippen molar-refractivity contribution in [2.45, 2.75) is 20.3 Å². The van der Waals surface area contributed by atoms with Crippen molar-refractivity contribution in [3.8, 4) is 11.3 Å². The van der Waals surface area contributed by atoms with Gasteiger partial charge in [-0.25, -0.2) is 9.78 Å². The highest BCUT2D eigenvalue weighted by atomic mass is 16.4. The molecule has 0 radical (unpaired) electrons. The van der Waals surface area contributed by atoms with Crippen LogP contribution in [0.5, 0.6) is 0 Å². The van der Waals surface area contributed by atoms with E-state index in [4.69, 9.17) is 0 Å². The number of aromatic nitrogens is 1. The molecule has 0 saturated heterocycles. The van der Waals surface area contributed by atoms with Crippen molar-refractivity contribution in [2.75, 3.05) is 0 Å². The van der Waals surface area contributed by atoms with Crippen LogP contribution in [-0.2, 0) is 6.42 Å². The molecule has 1 heterocycles. The molecule has 22 heavy (non-hydrogen) atoms. The summed E-state index contributed by atoms with van der Waals surface area (Å²) in [5.74, 6) is -0.922. The first kappa shape index (κ1) is 14.3. The van der Waals surface area contributed by atoms with E-state index in [9.17, 15) is 9.90 Å². The van der Waals surface area contributed by atoms with E-state index < -0.39 is 5.97 Å². The molecule has 110 valence electrons. The van der Waals surface area contributed by atoms with Gasteiger partial charge in [-0.2, -0.15) is 0 Å². The average molecular weight is 291 g/mol. The third-order valence-electron chi connectivity index (χ3n) is 3.86. The van der Waals surface area contributed by atoms with Crippen LogP contribution in [0.3, 0.4) is 0 Å². The highest BCUT2D eigenvalue weighted by Crippen LogP contribution is 2.26. The number of hydrogen-bond donors (Lipinski definition) is 1. The summed E-state index contributed by atoms with van der Waals surface area (Å²) < 4.78 is 0. The summed E-state index contributed by atoms with van der Waals surface area (Å²) in [6.07, 6.45) is 0.870. The summed E-state index contributed by atoms with van der Waals surface area (Å²) >= 11 is 0. The maximum atomic E-state index is 11.6. The number of aryl methyl sites for hydroxylation is 2. The summed E-state index contributed by atoms with van der Waals surface area (Å²) in [5, 5.41) is 10.2. The number of nitrogens with zero attached hydrogens (tertiary/aromatic N) is 1. The third kappa shape index (κ3) is 2.58. The Hall–Kier alpha value is -2.68. The lowest BCUT2D eigenvalue weighted by Gasteiger charge is -2.09. The molecule has 2 aromatic carbocycles. The van der Waals surface area contributed by atoms with E-state index in [1.165, 1.54) is 0 Å². The van der Waals surface area contributed by atoms with Gasteiger partial charge in [0.05, 0.1) is 16.8 Å². The minimum absolute atomic E-state index is 0.302. The van der Waals surface area contributed by atoms with Crippen molar-refractivity contribution >= 4 is 16.9 Å². The van der Waals surface area contributed by atoms with Gasteiger partial charge in [-0.1, -0.05) is 42.8 Å². The van der Waals surface area contributed by atoms with Crippen LogP contribution < -0.4 is 0 Å². The van der Waals surface area contributed by atoms with Crippen LogP contribution >= 0.6 is 0 Å². The van der Waals surface area contributed by atoms with Gasteiger partial charge in [0.2, 0.25) is 0 Å². The fraction of sp³-hybridized carbons (Fsp3) is 0.158. The predicted octanol–water partition coefficient (Wildman–Crippen LogP) is 4.47. The molecule has 0 aliphatic rings. The molecular formula is C19H17NO2. The Morgan fingerprint density at radius 3 is 2.45 bits per heavy atom. The first-order valence-electron chi connectivity index (χ1n) is 7.32. The molecular weight excluding hydrogens is 274 g/mol. The number of benzene rings is 2. The monoisotopic (exact) mass is 291 g/mol. The number of carbonyl (C=O) groups is 1. The lowest BCUT2D eigenvalue weighted by molar-refractivity contribution is 0.0699. The molecule has 0 saturated carbocycles. The Morgan fingerprint density at radius 1 is 1.09 bits per heavy atom. The highest BCUT2D eigenvalue weighted by Gasteiger charge is 2.13. The van der Waals surface area contributed by atoms with Crippen molar-refractivity contribution < 1.29 is 9.90 Å². The minimum Gasteiger partial charge on any atom is -0.478 e. The summed E-state index contributed by atoms with van der Waals surface area (Å²) in [5.41, 5.74) is 4.91. The molecule has 0 aliphatic carbocycles. The molecule has 3 heteroatoms. The predicted molar refractivity (Wildman–Crippen MR) is 88.3 cm³/mol. The van der Waals surface area contributed by atoms with E-state index in [0.717, 1.165) is 23.1 Å². The zero-order valence-electron chi connectivity index (χ0n) is 12.6. The molecule has 3 aromatic rings.